The molecular formula is C15H21F3N2. The van der Waals surface area contributed by atoms with Gasteiger partial charge in [0.05, 0.1) is 6.42 Å². The Balaban J connectivity index is 2.32. The molecule has 1 heterocycles. The number of alkyl halides is 3. The zero-order valence-corrected chi connectivity index (χ0v) is 11.9. The minimum absolute atomic E-state index is 0.572. The predicted molar refractivity (Wildman–Crippen MR) is 73.8 cm³/mol. The first-order valence-electron chi connectivity index (χ1n) is 6.96. The van der Waals surface area contributed by atoms with Crippen LogP contribution >= 0.6 is 0 Å². The molecule has 0 aromatic heterocycles. The fraction of sp³-hybridized carbons (Fsp3) is 0.600. The Morgan fingerprint density at radius 3 is 2.45 bits per heavy atom. The zero-order chi connectivity index (χ0) is 14.8. The summed E-state index contributed by atoms with van der Waals surface area (Å²) in [5, 5.41) is 3.19. The molecule has 0 aliphatic carbocycles. The van der Waals surface area contributed by atoms with Gasteiger partial charge in [0.1, 0.15) is 0 Å². The molecule has 0 bridgehead atoms. The molecule has 0 radical (unpaired) electrons. The van der Waals surface area contributed by atoms with Crippen LogP contribution in [0.5, 0.6) is 0 Å². The minimum atomic E-state index is -4.15. The number of aryl methyl sites for hydroxylation is 1. The number of benzene rings is 1. The van der Waals surface area contributed by atoms with E-state index < -0.39 is 18.6 Å². The molecule has 1 aliphatic rings. The molecule has 112 valence electrons. The van der Waals surface area contributed by atoms with Gasteiger partial charge in [0.25, 0.3) is 0 Å². The highest BCUT2D eigenvalue weighted by Gasteiger charge is 2.36. The average Bonchev–Trinajstić information content (AvgIpc) is 2.40. The van der Waals surface area contributed by atoms with Gasteiger partial charge in [-0.05, 0) is 30.5 Å². The number of nitrogens with one attached hydrogen (secondary N) is 1. The Kier molecular flexibility index (Phi) is 4.70. The van der Waals surface area contributed by atoms with E-state index in [1.54, 1.807) is 0 Å². The minimum Gasteiger partial charge on any atom is -0.314 e. The Morgan fingerprint density at radius 2 is 1.85 bits per heavy atom. The van der Waals surface area contributed by atoms with Crippen molar-refractivity contribution in [2.75, 3.05) is 26.2 Å². The Hall–Kier alpha value is -1.07. The van der Waals surface area contributed by atoms with Crippen molar-refractivity contribution >= 4 is 0 Å². The van der Waals surface area contributed by atoms with Crippen molar-refractivity contribution in [3.8, 4) is 0 Å². The Bertz CT molecular complexity index is 451. The van der Waals surface area contributed by atoms with Crippen LogP contribution in [0.2, 0.25) is 0 Å². The lowest BCUT2D eigenvalue weighted by Crippen LogP contribution is -2.46. The van der Waals surface area contributed by atoms with Gasteiger partial charge in [-0.15, -0.1) is 0 Å². The Labute approximate surface area is 118 Å². The van der Waals surface area contributed by atoms with Crippen LogP contribution in [0.1, 0.15) is 29.2 Å². The summed E-state index contributed by atoms with van der Waals surface area (Å²) in [5.41, 5.74) is 2.83. The summed E-state index contributed by atoms with van der Waals surface area (Å²) in [7, 11) is 0. The third-order valence-electron chi connectivity index (χ3n) is 4.02. The summed E-state index contributed by atoms with van der Waals surface area (Å²) in [5.74, 6) is 0. The number of halogens is 3. The van der Waals surface area contributed by atoms with Gasteiger partial charge in [0, 0.05) is 32.2 Å². The van der Waals surface area contributed by atoms with Crippen molar-refractivity contribution in [3.63, 3.8) is 0 Å². The van der Waals surface area contributed by atoms with Crippen LogP contribution in [-0.2, 0) is 0 Å². The van der Waals surface area contributed by atoms with Gasteiger partial charge in [-0.2, -0.15) is 13.2 Å². The molecule has 5 heteroatoms. The van der Waals surface area contributed by atoms with Gasteiger partial charge >= 0.3 is 6.18 Å². The molecule has 1 saturated heterocycles. The lowest BCUT2D eigenvalue weighted by molar-refractivity contribution is -0.148. The molecule has 0 amide bonds. The second kappa shape index (κ2) is 6.14. The maximum absolute atomic E-state index is 12.9. The van der Waals surface area contributed by atoms with E-state index in [0.717, 1.165) is 29.8 Å². The second-order valence-corrected chi connectivity index (χ2v) is 5.41. The number of rotatable bonds is 3. The number of hydrogen-bond acceptors (Lipinski definition) is 2. The third-order valence-corrected chi connectivity index (χ3v) is 4.02. The summed E-state index contributed by atoms with van der Waals surface area (Å²) < 4.78 is 38.8. The highest BCUT2D eigenvalue weighted by molar-refractivity contribution is 5.35. The van der Waals surface area contributed by atoms with Crippen LogP contribution in [0.3, 0.4) is 0 Å². The summed E-state index contributed by atoms with van der Waals surface area (Å²) in [6.45, 7) is 6.68. The number of hydrogen-bond donors (Lipinski definition) is 1. The number of nitrogens with zero attached hydrogens (tertiary/aromatic N) is 1. The molecule has 0 spiro atoms. The molecule has 1 N–H and O–H groups in total. The van der Waals surface area contributed by atoms with Crippen LogP contribution in [0, 0.1) is 13.8 Å². The second-order valence-electron chi connectivity index (χ2n) is 5.41. The van der Waals surface area contributed by atoms with Gasteiger partial charge < -0.3 is 5.32 Å². The molecule has 1 fully saturated rings. The van der Waals surface area contributed by atoms with Crippen molar-refractivity contribution in [1.82, 2.24) is 10.2 Å². The fourth-order valence-electron chi connectivity index (χ4n) is 2.78. The van der Waals surface area contributed by atoms with Gasteiger partial charge in [-0.25, -0.2) is 0 Å². The Morgan fingerprint density at radius 1 is 1.20 bits per heavy atom. The summed E-state index contributed by atoms with van der Waals surface area (Å²) in [4.78, 5) is 1.95. The molecule has 20 heavy (non-hydrogen) atoms. The molecule has 2 nitrogen and oxygen atoms in total. The van der Waals surface area contributed by atoms with Crippen molar-refractivity contribution in [3.05, 3.63) is 34.9 Å². The third kappa shape index (κ3) is 3.73. The highest BCUT2D eigenvalue weighted by Crippen LogP contribution is 2.35. The van der Waals surface area contributed by atoms with Crippen molar-refractivity contribution in [1.29, 1.82) is 0 Å². The predicted octanol–water partition coefficient (Wildman–Crippen LogP) is 3.20. The van der Waals surface area contributed by atoms with Crippen LogP contribution in [0.15, 0.2) is 18.2 Å². The van der Waals surface area contributed by atoms with E-state index in [2.05, 4.69) is 5.32 Å². The van der Waals surface area contributed by atoms with E-state index in [0.29, 0.717) is 13.1 Å². The standard InChI is InChI=1S/C15H21F3N2/c1-11-4-3-5-13(12(11)2)14(10-15(16,17)18)20-8-6-19-7-9-20/h3-5,14,19H,6-10H2,1-2H3/t14-/m1/s1. The van der Waals surface area contributed by atoms with E-state index in [-0.39, 0.29) is 0 Å². The number of piperazine rings is 1. The van der Waals surface area contributed by atoms with Gasteiger partial charge in [-0.1, -0.05) is 18.2 Å². The molecule has 1 aromatic rings. The highest BCUT2D eigenvalue weighted by atomic mass is 19.4. The summed E-state index contributed by atoms with van der Waals surface area (Å²) in [6.07, 6.45) is -4.93. The molecular weight excluding hydrogens is 265 g/mol. The van der Waals surface area contributed by atoms with Crippen molar-refractivity contribution in [2.24, 2.45) is 0 Å². The van der Waals surface area contributed by atoms with Crippen LogP contribution in [0.25, 0.3) is 0 Å². The molecule has 1 aromatic carbocycles. The lowest BCUT2D eigenvalue weighted by atomic mass is 9.94. The largest absolute Gasteiger partial charge is 0.390 e. The molecule has 0 saturated carbocycles. The molecule has 1 aliphatic heterocycles. The topological polar surface area (TPSA) is 15.3 Å². The first kappa shape index (κ1) is 15.3. The van der Waals surface area contributed by atoms with Crippen LogP contribution in [0.4, 0.5) is 13.2 Å². The molecule has 1 atom stereocenters. The normalized spacial score (nSPS) is 19.1. The van der Waals surface area contributed by atoms with E-state index in [1.807, 2.05) is 36.9 Å². The molecule has 0 unspecified atom stereocenters. The van der Waals surface area contributed by atoms with E-state index in [4.69, 9.17) is 0 Å². The maximum Gasteiger partial charge on any atom is 0.390 e. The quantitative estimate of drug-likeness (QED) is 0.918. The van der Waals surface area contributed by atoms with Gasteiger partial charge in [0.2, 0.25) is 0 Å². The average molecular weight is 286 g/mol. The van der Waals surface area contributed by atoms with E-state index >= 15 is 0 Å². The first-order chi connectivity index (χ1) is 9.38. The fourth-order valence-corrected chi connectivity index (χ4v) is 2.78. The van der Waals surface area contributed by atoms with Crippen LogP contribution in [-0.4, -0.2) is 37.3 Å². The maximum atomic E-state index is 12.9. The first-order valence-corrected chi connectivity index (χ1v) is 6.96. The van der Waals surface area contributed by atoms with E-state index in [9.17, 15) is 13.2 Å². The molecule has 2 rings (SSSR count). The smallest absolute Gasteiger partial charge is 0.314 e. The van der Waals surface area contributed by atoms with Crippen LogP contribution < -0.4 is 5.32 Å². The van der Waals surface area contributed by atoms with E-state index in [1.165, 1.54) is 0 Å². The summed E-state index contributed by atoms with van der Waals surface area (Å²) in [6, 6.07) is 5.06. The SMILES string of the molecule is Cc1cccc([C@@H](CC(F)(F)F)N2CCNCC2)c1C. The van der Waals surface area contributed by atoms with Gasteiger partial charge in [0.15, 0.2) is 0 Å². The van der Waals surface area contributed by atoms with Crippen molar-refractivity contribution in [2.45, 2.75) is 32.5 Å². The van der Waals surface area contributed by atoms with Gasteiger partial charge in [-0.3, -0.25) is 4.90 Å². The zero-order valence-electron chi connectivity index (χ0n) is 11.9. The van der Waals surface area contributed by atoms with Crippen molar-refractivity contribution < 1.29 is 13.2 Å². The summed E-state index contributed by atoms with van der Waals surface area (Å²) >= 11 is 0. The lowest BCUT2D eigenvalue weighted by Gasteiger charge is -2.36. The monoisotopic (exact) mass is 286 g/mol.